The minimum absolute atomic E-state index is 0.0629. The van der Waals surface area contributed by atoms with Crippen LogP contribution in [0.2, 0.25) is 0 Å². The van der Waals surface area contributed by atoms with E-state index in [1.807, 2.05) is 0 Å². The summed E-state index contributed by atoms with van der Waals surface area (Å²) in [4.78, 5) is 27.5. The Morgan fingerprint density at radius 3 is 1.92 bits per heavy atom. The van der Waals surface area contributed by atoms with Crippen LogP contribution in [0, 0.1) is 0 Å². The fourth-order valence-corrected chi connectivity index (χ4v) is 5.04. The molecule has 3 aliphatic rings. The van der Waals surface area contributed by atoms with Gasteiger partial charge in [-0.05, 0) is 0 Å². The van der Waals surface area contributed by atoms with Gasteiger partial charge in [-0.15, -0.1) is 0 Å². The molecule has 26 heavy (non-hydrogen) atoms. The molecule has 148 valence electrons. The number of quaternary nitrogens is 2. The molecule has 0 aromatic carbocycles. The van der Waals surface area contributed by atoms with Gasteiger partial charge in [0, 0.05) is 64.9 Å². The van der Waals surface area contributed by atoms with Crippen molar-refractivity contribution in [2.24, 2.45) is 0 Å². The number of ether oxygens (including phenoxy) is 1. The third kappa shape index (κ3) is 1.78. The molecule has 3 fully saturated rings. The minimum Gasteiger partial charge on any atom is -0.371 e. The van der Waals surface area contributed by atoms with Crippen molar-refractivity contribution in [1.29, 1.82) is 0 Å². The number of nitrogens with one attached hydrogen (secondary N) is 1. The van der Waals surface area contributed by atoms with E-state index >= 15 is 0 Å². The van der Waals surface area contributed by atoms with Gasteiger partial charge < -0.3 is 4.74 Å². The van der Waals surface area contributed by atoms with Gasteiger partial charge in [0.05, 0.1) is 19.3 Å². The first-order valence-corrected chi connectivity index (χ1v) is 9.01. The lowest BCUT2D eigenvalue weighted by Gasteiger charge is -2.55. The van der Waals surface area contributed by atoms with Gasteiger partial charge in [-0.2, -0.15) is 10.4 Å². The Kier molecular flexibility index (Phi) is 3.58. The van der Waals surface area contributed by atoms with Gasteiger partial charge in [0.1, 0.15) is 0 Å². The number of hydrogen-bond donors (Lipinski definition) is 3. The van der Waals surface area contributed by atoms with E-state index in [0.29, 0.717) is 13.2 Å². The highest BCUT2D eigenvalue weighted by molar-refractivity contribution is 5.87. The first kappa shape index (κ1) is 19.5. The summed E-state index contributed by atoms with van der Waals surface area (Å²) in [6.07, 6.45) is -0.0629. The Bertz CT molecular complexity index is 685. The zero-order chi connectivity index (χ0) is 20.1. The van der Waals surface area contributed by atoms with Crippen molar-refractivity contribution in [3.8, 4) is 0 Å². The second kappa shape index (κ2) is 4.77. The van der Waals surface area contributed by atoms with Crippen molar-refractivity contribution in [1.82, 2.24) is 10.2 Å². The van der Waals surface area contributed by atoms with Crippen LogP contribution in [0.25, 0.3) is 0 Å². The second-order valence-corrected chi connectivity index (χ2v) is 9.70. The molecule has 9 heteroatoms. The summed E-state index contributed by atoms with van der Waals surface area (Å²) < 4.78 is 3.17. The van der Waals surface area contributed by atoms with E-state index in [0.717, 1.165) is 0 Å². The summed E-state index contributed by atoms with van der Waals surface area (Å²) in [6.45, 7) is 14.0. The van der Waals surface area contributed by atoms with Crippen molar-refractivity contribution in [2.45, 2.75) is 83.9 Å². The molecule has 3 N–H and O–H groups in total. The van der Waals surface area contributed by atoms with Crippen molar-refractivity contribution in [2.75, 3.05) is 13.2 Å². The van der Waals surface area contributed by atoms with Crippen LogP contribution >= 0.6 is 0 Å². The number of carbonyl (C=O) groups is 2. The van der Waals surface area contributed by atoms with E-state index in [1.165, 1.54) is 0 Å². The summed E-state index contributed by atoms with van der Waals surface area (Å²) >= 11 is 0. The predicted octanol–water partition coefficient (Wildman–Crippen LogP) is 0.714. The smallest absolute Gasteiger partial charge is 0.297 e. The maximum Gasteiger partial charge on any atom is 0.297 e. The van der Waals surface area contributed by atoms with Crippen LogP contribution in [0.15, 0.2) is 0 Å². The van der Waals surface area contributed by atoms with Gasteiger partial charge >= 0.3 is 0 Å². The van der Waals surface area contributed by atoms with Crippen LogP contribution in [-0.2, 0) is 14.3 Å². The van der Waals surface area contributed by atoms with E-state index < -0.39 is 31.9 Å². The van der Waals surface area contributed by atoms with Crippen molar-refractivity contribution in [3.05, 3.63) is 0 Å². The molecule has 0 aromatic heterocycles. The normalized spacial score (nSPS) is 42.1. The molecule has 0 saturated carbocycles. The highest BCUT2D eigenvalue weighted by atomic mass is 16.8. The molecule has 3 unspecified atom stereocenters. The predicted molar refractivity (Wildman–Crippen MR) is 90.0 cm³/mol. The number of nitrogens with zero attached hydrogens (tertiary/aromatic N) is 3. The maximum atomic E-state index is 13.3. The Morgan fingerprint density at radius 1 is 1.04 bits per heavy atom. The topological polar surface area (TPSA) is 102 Å². The molecule has 3 heterocycles. The highest BCUT2D eigenvalue weighted by Gasteiger charge is 2.89. The van der Waals surface area contributed by atoms with Gasteiger partial charge in [0.25, 0.3) is 28.6 Å². The molecule has 3 aliphatic heterocycles. The molecule has 3 saturated heterocycles. The molecule has 3 rings (SSSR count). The summed E-state index contributed by atoms with van der Waals surface area (Å²) in [7, 11) is 0. The summed E-state index contributed by atoms with van der Waals surface area (Å²) in [6, 6.07) is 0. The molecule has 0 spiro atoms. The molecule has 0 bridgehead atoms. The SMILES string of the molecule is CC1(C)NC(=O)C(C)(C)[N+]1(O)[N+]1(O)C(C)(C)C(=O)N(CC2CO2)C1(C)C. The van der Waals surface area contributed by atoms with Crippen LogP contribution in [0.4, 0.5) is 0 Å². The van der Waals surface area contributed by atoms with Crippen LogP contribution in [0.3, 0.4) is 0 Å². The molecule has 9 nitrogen and oxygen atoms in total. The van der Waals surface area contributed by atoms with Gasteiger partial charge in [-0.25, -0.2) is 0 Å². The van der Waals surface area contributed by atoms with Crippen molar-refractivity contribution in [3.63, 3.8) is 0 Å². The third-order valence-corrected chi connectivity index (χ3v) is 6.71. The zero-order valence-electron chi connectivity index (χ0n) is 17.0. The van der Waals surface area contributed by atoms with Gasteiger partial charge in [-0.1, -0.05) is 0 Å². The fraction of sp³-hybridized carbons (Fsp3) is 0.882. The van der Waals surface area contributed by atoms with E-state index in [9.17, 15) is 20.0 Å². The van der Waals surface area contributed by atoms with Gasteiger partial charge in [0.2, 0.25) is 5.66 Å². The van der Waals surface area contributed by atoms with Gasteiger partial charge in [-0.3, -0.25) is 19.8 Å². The van der Waals surface area contributed by atoms with Crippen LogP contribution < -0.4 is 5.32 Å². The van der Waals surface area contributed by atoms with Crippen LogP contribution in [0.5, 0.6) is 0 Å². The average molecular weight is 372 g/mol. The van der Waals surface area contributed by atoms with Gasteiger partial charge in [0.15, 0.2) is 0 Å². The number of carbonyl (C=O) groups excluding carboxylic acids is 2. The third-order valence-electron chi connectivity index (χ3n) is 6.71. The van der Waals surface area contributed by atoms with E-state index in [1.54, 1.807) is 60.3 Å². The molecule has 0 aromatic rings. The van der Waals surface area contributed by atoms with E-state index in [2.05, 4.69) is 5.32 Å². The number of amides is 2. The quantitative estimate of drug-likeness (QED) is 0.500. The molecular formula is C17H32N4O5+2. The number of hydroxylamine groups is 4. The minimum atomic E-state index is -1.39. The van der Waals surface area contributed by atoms with E-state index in [-0.39, 0.29) is 17.9 Å². The number of rotatable bonds is 3. The molecule has 0 radical (unpaired) electrons. The standard InChI is InChI=1S/C17H31N4O5/c1-14(2)12(22)18-16(5,6)20(14,24)21(25)15(3,4)13(23)19(17(21,7)8)9-11-10-26-11/h11,24-25H,9-10H2,1-8H3/q+1/p+1. The zero-order valence-corrected chi connectivity index (χ0v) is 17.0. The highest BCUT2D eigenvalue weighted by Crippen LogP contribution is 2.56. The first-order valence-electron chi connectivity index (χ1n) is 9.01. The summed E-state index contributed by atoms with van der Waals surface area (Å²) in [5.41, 5.74) is -5.22. The van der Waals surface area contributed by atoms with Crippen LogP contribution in [-0.4, -0.2) is 78.3 Å². The number of hydrogen-bond acceptors (Lipinski definition) is 5. The largest absolute Gasteiger partial charge is 0.371 e. The Morgan fingerprint density at radius 2 is 1.54 bits per heavy atom. The Balaban J connectivity index is 2.26. The van der Waals surface area contributed by atoms with Crippen molar-refractivity contribution >= 4 is 11.8 Å². The fourth-order valence-electron chi connectivity index (χ4n) is 5.04. The molecule has 3 atom stereocenters. The monoisotopic (exact) mass is 372 g/mol. The first-order chi connectivity index (χ1) is 11.5. The lowest BCUT2D eigenvalue weighted by atomic mass is 9.98. The molecular weight excluding hydrogens is 340 g/mol. The lowest BCUT2D eigenvalue weighted by Crippen LogP contribution is -2.89. The Labute approximate surface area is 154 Å². The molecule has 2 amide bonds. The van der Waals surface area contributed by atoms with Crippen molar-refractivity contribution < 1.29 is 34.3 Å². The number of epoxide rings is 1. The summed E-state index contributed by atoms with van der Waals surface area (Å²) in [5, 5.41) is 26.9. The molecule has 0 aliphatic carbocycles. The van der Waals surface area contributed by atoms with E-state index in [4.69, 9.17) is 4.74 Å². The summed E-state index contributed by atoms with van der Waals surface area (Å²) in [5.74, 6) is -0.683. The Hall–Kier alpha value is -1.26. The lowest BCUT2D eigenvalue weighted by molar-refractivity contribution is -1.67. The van der Waals surface area contributed by atoms with Crippen LogP contribution in [0.1, 0.15) is 55.4 Å². The second-order valence-electron chi connectivity index (χ2n) is 9.70. The maximum absolute atomic E-state index is 13.3. The average Bonchev–Trinajstić information content (AvgIpc) is 3.28.